The third-order valence-corrected chi connectivity index (χ3v) is 3.43. The third kappa shape index (κ3) is 7.56. The number of nitrogens with two attached hydrogens (primary N) is 2. The van der Waals surface area contributed by atoms with Crippen LogP contribution in [0.1, 0.15) is 24.8 Å². The lowest BCUT2D eigenvalue weighted by molar-refractivity contribution is -0.141. The van der Waals surface area contributed by atoms with E-state index in [1.807, 2.05) is 0 Å². The first-order chi connectivity index (χ1) is 12.3. The maximum absolute atomic E-state index is 12.3. The highest BCUT2D eigenvalue weighted by atomic mass is 16.5. The van der Waals surface area contributed by atoms with Gasteiger partial charge in [0, 0.05) is 6.54 Å². The molecule has 0 spiro atoms. The van der Waals surface area contributed by atoms with E-state index in [2.05, 4.69) is 10.3 Å². The zero-order valence-electron chi connectivity index (χ0n) is 14.5. The number of carbonyl (C=O) groups excluding carboxylic acids is 1. The molecule has 142 valence electrons. The van der Waals surface area contributed by atoms with Crippen molar-refractivity contribution in [1.82, 2.24) is 5.32 Å². The number of amides is 1. The fourth-order valence-electron chi connectivity index (χ4n) is 2.09. The van der Waals surface area contributed by atoms with Gasteiger partial charge in [0.1, 0.15) is 11.8 Å². The number of phenols is 1. The Morgan fingerprint density at radius 2 is 1.92 bits per heavy atom. The molecular weight excluding hydrogens is 340 g/mol. The molecule has 0 fully saturated rings. The number of guanidine groups is 1. The number of carboxylic acid groups (broad SMARTS) is 1. The largest absolute Gasteiger partial charge is 0.508 e. The van der Waals surface area contributed by atoms with Crippen LogP contribution in [0, 0.1) is 0 Å². The van der Waals surface area contributed by atoms with Crippen LogP contribution in [0.15, 0.2) is 35.0 Å². The summed E-state index contributed by atoms with van der Waals surface area (Å²) in [7, 11) is 1.32. The lowest BCUT2D eigenvalue weighted by Crippen LogP contribution is -2.41. The second-order valence-corrected chi connectivity index (χ2v) is 5.47. The van der Waals surface area contributed by atoms with Crippen molar-refractivity contribution < 1.29 is 24.5 Å². The maximum Gasteiger partial charge on any atom is 0.326 e. The van der Waals surface area contributed by atoms with E-state index >= 15 is 0 Å². The van der Waals surface area contributed by atoms with E-state index in [1.54, 1.807) is 12.1 Å². The Bertz CT molecular complexity index is 666. The molecule has 26 heavy (non-hydrogen) atoms. The molecule has 1 unspecified atom stereocenters. The summed E-state index contributed by atoms with van der Waals surface area (Å²) in [5.74, 6) is -1.74. The van der Waals surface area contributed by atoms with Crippen molar-refractivity contribution in [3.05, 3.63) is 35.6 Å². The van der Waals surface area contributed by atoms with Gasteiger partial charge in [0.25, 0.3) is 5.91 Å². The summed E-state index contributed by atoms with van der Waals surface area (Å²) in [5.41, 5.74) is 11.0. The number of aliphatic carboxylic acids is 1. The smallest absolute Gasteiger partial charge is 0.326 e. The van der Waals surface area contributed by atoms with Crippen LogP contribution in [-0.4, -0.2) is 47.7 Å². The topological polar surface area (TPSA) is 160 Å². The van der Waals surface area contributed by atoms with E-state index in [1.165, 1.54) is 25.3 Å². The van der Waals surface area contributed by atoms with Gasteiger partial charge >= 0.3 is 5.97 Å². The van der Waals surface area contributed by atoms with Gasteiger partial charge in [0.05, 0.1) is 7.11 Å². The molecule has 1 aromatic rings. The molecule has 0 aliphatic heterocycles. The Kier molecular flexibility index (Phi) is 8.48. The quantitative estimate of drug-likeness (QED) is 0.132. The summed E-state index contributed by atoms with van der Waals surface area (Å²) in [5, 5.41) is 21.0. The SMILES string of the molecule is CO/C(=C/c1ccc(O)cc1)C(=O)NC(CCCCN=C(N)N)C(=O)O. The van der Waals surface area contributed by atoms with Gasteiger partial charge in [0.2, 0.25) is 0 Å². The van der Waals surface area contributed by atoms with Crippen molar-refractivity contribution in [2.24, 2.45) is 16.5 Å². The summed E-state index contributed by atoms with van der Waals surface area (Å²) in [6.45, 7) is 0.396. The number of ether oxygens (including phenoxy) is 1. The van der Waals surface area contributed by atoms with Crippen LogP contribution < -0.4 is 16.8 Å². The van der Waals surface area contributed by atoms with Gasteiger partial charge in [-0.05, 0) is 43.0 Å². The van der Waals surface area contributed by atoms with Crippen molar-refractivity contribution in [3.63, 3.8) is 0 Å². The zero-order chi connectivity index (χ0) is 19.5. The molecule has 0 aromatic heterocycles. The summed E-state index contributed by atoms with van der Waals surface area (Å²) >= 11 is 0. The molecule has 0 bridgehead atoms. The summed E-state index contributed by atoms with van der Waals surface area (Å²) < 4.78 is 5.04. The minimum atomic E-state index is -1.14. The van der Waals surface area contributed by atoms with Crippen molar-refractivity contribution in [2.45, 2.75) is 25.3 Å². The molecule has 1 aromatic carbocycles. The number of nitrogens with one attached hydrogen (secondary N) is 1. The number of unbranched alkanes of at least 4 members (excludes halogenated alkanes) is 1. The van der Waals surface area contributed by atoms with Crippen molar-refractivity contribution in [3.8, 4) is 5.75 Å². The molecule has 1 amide bonds. The average molecular weight is 364 g/mol. The lowest BCUT2D eigenvalue weighted by Gasteiger charge is -2.15. The Morgan fingerprint density at radius 1 is 1.27 bits per heavy atom. The van der Waals surface area contributed by atoms with Gasteiger partial charge in [-0.2, -0.15) is 0 Å². The van der Waals surface area contributed by atoms with E-state index in [0.717, 1.165) is 0 Å². The van der Waals surface area contributed by atoms with Gasteiger partial charge in [-0.15, -0.1) is 0 Å². The maximum atomic E-state index is 12.3. The Hall–Kier alpha value is -3.23. The lowest BCUT2D eigenvalue weighted by atomic mass is 10.1. The number of rotatable bonds is 10. The fraction of sp³-hybridized carbons (Fsp3) is 0.353. The Labute approximate surface area is 151 Å². The van der Waals surface area contributed by atoms with E-state index in [0.29, 0.717) is 24.9 Å². The van der Waals surface area contributed by atoms with Crippen LogP contribution in [0.2, 0.25) is 0 Å². The van der Waals surface area contributed by atoms with E-state index < -0.39 is 17.9 Å². The molecule has 0 heterocycles. The third-order valence-electron chi connectivity index (χ3n) is 3.43. The monoisotopic (exact) mass is 364 g/mol. The normalized spacial score (nSPS) is 12.1. The van der Waals surface area contributed by atoms with Crippen LogP contribution in [-0.2, 0) is 14.3 Å². The molecule has 0 saturated heterocycles. The number of nitrogens with zero attached hydrogens (tertiary/aromatic N) is 1. The molecule has 0 saturated carbocycles. The van der Waals surface area contributed by atoms with E-state index in [4.69, 9.17) is 16.2 Å². The summed E-state index contributed by atoms with van der Waals surface area (Å²) in [6.07, 6.45) is 2.81. The van der Waals surface area contributed by atoms with Crippen molar-refractivity contribution >= 4 is 23.9 Å². The number of benzene rings is 1. The number of aromatic hydroxyl groups is 1. The first-order valence-electron chi connectivity index (χ1n) is 7.97. The molecule has 1 atom stereocenters. The minimum absolute atomic E-state index is 0.0165. The van der Waals surface area contributed by atoms with Crippen molar-refractivity contribution in [1.29, 1.82) is 0 Å². The van der Waals surface area contributed by atoms with E-state index in [9.17, 15) is 19.8 Å². The second-order valence-electron chi connectivity index (χ2n) is 5.47. The van der Waals surface area contributed by atoms with Gasteiger partial charge in [-0.1, -0.05) is 12.1 Å². The molecule has 1 rings (SSSR count). The number of phenolic OH excluding ortho intramolecular Hbond substituents is 1. The molecule has 9 nitrogen and oxygen atoms in total. The molecule has 0 aliphatic rings. The molecule has 0 aliphatic carbocycles. The zero-order valence-corrected chi connectivity index (χ0v) is 14.5. The molecule has 9 heteroatoms. The second kappa shape index (κ2) is 10.6. The Morgan fingerprint density at radius 3 is 2.46 bits per heavy atom. The van der Waals surface area contributed by atoms with Crippen LogP contribution in [0.5, 0.6) is 5.75 Å². The number of carbonyl (C=O) groups is 2. The average Bonchev–Trinajstić information content (AvgIpc) is 2.59. The van der Waals surface area contributed by atoms with Crippen LogP contribution >= 0.6 is 0 Å². The first kappa shape index (κ1) is 20.8. The fourth-order valence-corrected chi connectivity index (χ4v) is 2.09. The standard InChI is InChI=1S/C17H24N4O5/c1-26-14(10-11-5-7-12(22)8-6-11)15(23)21-13(16(24)25)4-2-3-9-20-17(18)19/h5-8,10,13,22H,2-4,9H2,1H3,(H,21,23)(H,24,25)(H4,18,19,20)/b14-10+. The van der Waals surface area contributed by atoms with Gasteiger partial charge < -0.3 is 31.7 Å². The van der Waals surface area contributed by atoms with Crippen molar-refractivity contribution in [2.75, 3.05) is 13.7 Å². The number of methoxy groups -OCH3 is 1. The minimum Gasteiger partial charge on any atom is -0.508 e. The highest BCUT2D eigenvalue weighted by molar-refractivity contribution is 5.97. The van der Waals surface area contributed by atoms with Crippen LogP contribution in [0.3, 0.4) is 0 Å². The summed E-state index contributed by atoms with van der Waals surface area (Å²) in [4.78, 5) is 27.4. The molecular formula is C17H24N4O5. The van der Waals surface area contributed by atoms with Crippen LogP contribution in [0.25, 0.3) is 6.08 Å². The Balaban J connectivity index is 2.67. The highest BCUT2D eigenvalue weighted by Crippen LogP contribution is 2.13. The molecule has 0 radical (unpaired) electrons. The van der Waals surface area contributed by atoms with Crippen LogP contribution in [0.4, 0.5) is 0 Å². The van der Waals surface area contributed by atoms with Gasteiger partial charge in [-0.3, -0.25) is 9.79 Å². The predicted octanol–water partition coefficient (Wildman–Crippen LogP) is 0.393. The summed E-state index contributed by atoms with van der Waals surface area (Å²) in [6, 6.07) is 5.07. The van der Waals surface area contributed by atoms with Gasteiger partial charge in [-0.25, -0.2) is 4.79 Å². The number of hydrogen-bond acceptors (Lipinski definition) is 5. The molecule has 7 N–H and O–H groups in total. The number of hydrogen-bond donors (Lipinski definition) is 5. The van der Waals surface area contributed by atoms with E-state index in [-0.39, 0.29) is 23.9 Å². The van der Waals surface area contributed by atoms with Gasteiger partial charge in [0.15, 0.2) is 11.7 Å². The number of aliphatic imine (C=N–C) groups is 1. The first-order valence-corrected chi connectivity index (χ1v) is 7.97. The number of carboxylic acids is 1. The predicted molar refractivity (Wildman–Crippen MR) is 97.2 cm³/mol. The highest BCUT2D eigenvalue weighted by Gasteiger charge is 2.21.